The van der Waals surface area contributed by atoms with Gasteiger partial charge in [0.2, 0.25) is 5.91 Å². The van der Waals surface area contributed by atoms with Crippen LogP contribution in [0.4, 0.5) is 0 Å². The third kappa shape index (κ3) is 5.01. The zero-order valence-electron chi connectivity index (χ0n) is 8.63. The number of hydrogen-bond donors (Lipinski definition) is 1. The predicted molar refractivity (Wildman–Crippen MR) is 68.0 cm³/mol. The van der Waals surface area contributed by atoms with E-state index in [1.54, 1.807) is 7.05 Å². The van der Waals surface area contributed by atoms with Gasteiger partial charge in [-0.25, -0.2) is 0 Å². The van der Waals surface area contributed by atoms with Crippen LogP contribution in [0.2, 0.25) is 0 Å². The van der Waals surface area contributed by atoms with E-state index in [2.05, 4.69) is 27.9 Å². The summed E-state index contributed by atoms with van der Waals surface area (Å²) in [6.07, 6.45) is 1.26. The van der Waals surface area contributed by atoms with Gasteiger partial charge in [-0.1, -0.05) is 0 Å². The molecule has 1 aromatic carbocycles. The van der Waals surface area contributed by atoms with Crippen LogP contribution in [-0.4, -0.2) is 19.6 Å². The molecular weight excluding hydrogens is 305 g/mol. The van der Waals surface area contributed by atoms with Crippen LogP contribution in [0, 0.1) is 3.57 Å². The number of hydrogen-bond acceptors (Lipinski definition) is 2. The van der Waals surface area contributed by atoms with Crippen molar-refractivity contribution >= 4 is 28.5 Å². The van der Waals surface area contributed by atoms with Crippen molar-refractivity contribution in [3.63, 3.8) is 0 Å². The Balaban J connectivity index is 2.20. The Kier molecular flexibility index (Phi) is 5.45. The zero-order chi connectivity index (χ0) is 11.1. The Morgan fingerprint density at radius 1 is 1.40 bits per heavy atom. The first-order chi connectivity index (χ1) is 7.22. The molecule has 82 valence electrons. The van der Waals surface area contributed by atoms with E-state index in [1.807, 2.05) is 24.3 Å². The fourth-order valence-corrected chi connectivity index (χ4v) is 1.44. The van der Waals surface area contributed by atoms with E-state index in [0.29, 0.717) is 13.0 Å². The average Bonchev–Trinajstić information content (AvgIpc) is 2.26. The first kappa shape index (κ1) is 12.3. The van der Waals surface area contributed by atoms with E-state index in [0.717, 1.165) is 12.2 Å². The molecule has 0 spiro atoms. The fourth-order valence-electron chi connectivity index (χ4n) is 1.08. The Bertz CT molecular complexity index is 311. The lowest BCUT2D eigenvalue weighted by atomic mass is 10.3. The number of carbonyl (C=O) groups excluding carboxylic acids is 1. The third-order valence-corrected chi connectivity index (χ3v) is 2.63. The van der Waals surface area contributed by atoms with Crippen LogP contribution < -0.4 is 10.1 Å². The lowest BCUT2D eigenvalue weighted by molar-refractivity contribution is -0.120. The minimum absolute atomic E-state index is 0.0567. The summed E-state index contributed by atoms with van der Waals surface area (Å²) in [5.74, 6) is 0.911. The van der Waals surface area contributed by atoms with E-state index in [1.165, 1.54) is 3.57 Å². The van der Waals surface area contributed by atoms with Gasteiger partial charge in [0, 0.05) is 17.0 Å². The molecule has 0 heterocycles. The van der Waals surface area contributed by atoms with Gasteiger partial charge in [-0.05, 0) is 53.3 Å². The third-order valence-electron chi connectivity index (χ3n) is 1.91. The number of ether oxygens (including phenoxy) is 1. The molecule has 0 saturated heterocycles. The van der Waals surface area contributed by atoms with Crippen molar-refractivity contribution < 1.29 is 9.53 Å². The molecule has 1 amide bonds. The summed E-state index contributed by atoms with van der Waals surface area (Å²) in [5, 5.41) is 2.58. The second-order valence-corrected chi connectivity index (χ2v) is 4.32. The molecule has 1 rings (SSSR count). The first-order valence-electron chi connectivity index (χ1n) is 4.81. The highest BCUT2D eigenvalue weighted by Crippen LogP contribution is 2.13. The minimum atomic E-state index is 0.0567. The molecule has 3 nitrogen and oxygen atoms in total. The van der Waals surface area contributed by atoms with Crippen LogP contribution in [0.1, 0.15) is 12.8 Å². The standard InChI is InChI=1S/C11H14INO2/c1-13-11(14)3-2-8-15-10-6-4-9(12)5-7-10/h4-7H,2-3,8H2,1H3,(H,13,14). The monoisotopic (exact) mass is 319 g/mol. The first-order valence-corrected chi connectivity index (χ1v) is 5.89. The van der Waals surface area contributed by atoms with Gasteiger partial charge in [0.15, 0.2) is 0 Å². The molecule has 0 saturated carbocycles. The molecule has 15 heavy (non-hydrogen) atoms. The molecule has 1 N–H and O–H groups in total. The number of rotatable bonds is 5. The van der Waals surface area contributed by atoms with Gasteiger partial charge in [-0.15, -0.1) is 0 Å². The van der Waals surface area contributed by atoms with E-state index in [-0.39, 0.29) is 5.91 Å². The second kappa shape index (κ2) is 6.66. The maximum absolute atomic E-state index is 10.9. The van der Waals surface area contributed by atoms with Crippen molar-refractivity contribution in [3.05, 3.63) is 27.8 Å². The van der Waals surface area contributed by atoms with Crippen molar-refractivity contribution in [1.29, 1.82) is 0 Å². The Labute approximate surface area is 103 Å². The quantitative estimate of drug-likeness (QED) is 0.667. The van der Waals surface area contributed by atoms with Crippen molar-refractivity contribution in [2.75, 3.05) is 13.7 Å². The van der Waals surface area contributed by atoms with Gasteiger partial charge >= 0.3 is 0 Å². The molecule has 0 aromatic heterocycles. The SMILES string of the molecule is CNC(=O)CCCOc1ccc(I)cc1. The summed E-state index contributed by atoms with van der Waals surface area (Å²) < 4.78 is 6.66. The van der Waals surface area contributed by atoms with E-state index in [4.69, 9.17) is 4.74 Å². The lowest BCUT2D eigenvalue weighted by Gasteiger charge is -2.05. The second-order valence-electron chi connectivity index (χ2n) is 3.08. The zero-order valence-corrected chi connectivity index (χ0v) is 10.8. The van der Waals surface area contributed by atoms with Gasteiger partial charge in [0.25, 0.3) is 0 Å². The number of carbonyl (C=O) groups is 1. The Hall–Kier alpha value is -0.780. The van der Waals surface area contributed by atoms with Gasteiger partial charge in [0.1, 0.15) is 5.75 Å². The van der Waals surface area contributed by atoms with Crippen LogP contribution in [0.3, 0.4) is 0 Å². The van der Waals surface area contributed by atoms with Crippen molar-refractivity contribution in [1.82, 2.24) is 5.32 Å². The van der Waals surface area contributed by atoms with Crippen molar-refractivity contribution in [2.24, 2.45) is 0 Å². The highest BCUT2D eigenvalue weighted by atomic mass is 127. The summed E-state index contributed by atoms with van der Waals surface area (Å²) in [6, 6.07) is 7.85. The van der Waals surface area contributed by atoms with Gasteiger partial charge in [-0.3, -0.25) is 4.79 Å². The molecular formula is C11H14INO2. The van der Waals surface area contributed by atoms with Gasteiger partial charge < -0.3 is 10.1 Å². The largest absolute Gasteiger partial charge is 0.494 e. The van der Waals surface area contributed by atoms with Crippen LogP contribution in [-0.2, 0) is 4.79 Å². The Morgan fingerprint density at radius 3 is 2.67 bits per heavy atom. The Morgan fingerprint density at radius 2 is 2.07 bits per heavy atom. The summed E-state index contributed by atoms with van der Waals surface area (Å²) in [6.45, 7) is 0.577. The molecule has 1 aromatic rings. The predicted octanol–water partition coefficient (Wildman–Crippen LogP) is 2.20. The smallest absolute Gasteiger partial charge is 0.219 e. The number of nitrogens with one attached hydrogen (secondary N) is 1. The molecule has 0 unspecified atom stereocenters. The topological polar surface area (TPSA) is 38.3 Å². The molecule has 4 heteroatoms. The van der Waals surface area contributed by atoms with Crippen LogP contribution in [0.5, 0.6) is 5.75 Å². The number of benzene rings is 1. The van der Waals surface area contributed by atoms with E-state index < -0.39 is 0 Å². The summed E-state index contributed by atoms with van der Waals surface area (Å²) in [4.78, 5) is 10.9. The number of amides is 1. The molecule has 0 atom stereocenters. The van der Waals surface area contributed by atoms with Crippen molar-refractivity contribution in [2.45, 2.75) is 12.8 Å². The van der Waals surface area contributed by atoms with Gasteiger partial charge in [-0.2, -0.15) is 0 Å². The minimum Gasteiger partial charge on any atom is -0.494 e. The highest BCUT2D eigenvalue weighted by Gasteiger charge is 1.98. The fraction of sp³-hybridized carbons (Fsp3) is 0.364. The van der Waals surface area contributed by atoms with Gasteiger partial charge in [0.05, 0.1) is 6.61 Å². The van der Waals surface area contributed by atoms with E-state index >= 15 is 0 Å². The maximum atomic E-state index is 10.9. The summed E-state index contributed by atoms with van der Waals surface area (Å²) in [5.41, 5.74) is 0. The summed E-state index contributed by atoms with van der Waals surface area (Å²) in [7, 11) is 1.64. The number of halogens is 1. The van der Waals surface area contributed by atoms with Crippen LogP contribution in [0.15, 0.2) is 24.3 Å². The molecule has 0 aliphatic carbocycles. The van der Waals surface area contributed by atoms with Crippen molar-refractivity contribution in [3.8, 4) is 5.75 Å². The average molecular weight is 319 g/mol. The maximum Gasteiger partial charge on any atom is 0.219 e. The van der Waals surface area contributed by atoms with Crippen LogP contribution in [0.25, 0.3) is 0 Å². The highest BCUT2D eigenvalue weighted by molar-refractivity contribution is 14.1. The molecule has 0 aliphatic heterocycles. The van der Waals surface area contributed by atoms with E-state index in [9.17, 15) is 4.79 Å². The van der Waals surface area contributed by atoms with Crippen LogP contribution >= 0.6 is 22.6 Å². The molecule has 0 radical (unpaired) electrons. The normalized spacial score (nSPS) is 9.73. The summed E-state index contributed by atoms with van der Waals surface area (Å²) >= 11 is 2.25. The molecule has 0 aliphatic rings. The molecule has 0 fully saturated rings. The lowest BCUT2D eigenvalue weighted by Crippen LogP contribution is -2.18. The molecule has 0 bridgehead atoms.